The topological polar surface area (TPSA) is 67.5 Å². The predicted octanol–water partition coefficient (Wildman–Crippen LogP) is 2.50. The van der Waals surface area contributed by atoms with Crippen LogP contribution in [0.2, 0.25) is 0 Å². The van der Waals surface area contributed by atoms with Gasteiger partial charge in [-0.2, -0.15) is 8.42 Å². The SMILES string of the molecule is CCC(CC)Cc1ccc(S(=O)(=O)O)o1. The van der Waals surface area contributed by atoms with E-state index in [1.54, 1.807) is 6.07 Å². The smallest absolute Gasteiger partial charge is 0.328 e. The van der Waals surface area contributed by atoms with E-state index in [2.05, 4.69) is 13.8 Å². The third-order valence-electron chi connectivity index (χ3n) is 2.54. The second-order valence-electron chi connectivity index (χ2n) is 3.58. The maximum absolute atomic E-state index is 10.7. The first kappa shape index (κ1) is 12.3. The van der Waals surface area contributed by atoms with Crippen LogP contribution < -0.4 is 0 Å². The van der Waals surface area contributed by atoms with E-state index in [1.807, 2.05) is 0 Å². The zero-order valence-electron chi connectivity index (χ0n) is 8.93. The molecule has 0 saturated heterocycles. The molecule has 0 saturated carbocycles. The van der Waals surface area contributed by atoms with Gasteiger partial charge in [0.1, 0.15) is 5.76 Å². The monoisotopic (exact) mass is 232 g/mol. The quantitative estimate of drug-likeness (QED) is 0.792. The highest BCUT2D eigenvalue weighted by Crippen LogP contribution is 2.19. The summed E-state index contributed by atoms with van der Waals surface area (Å²) in [6, 6.07) is 2.88. The maximum atomic E-state index is 10.7. The van der Waals surface area contributed by atoms with E-state index in [9.17, 15) is 8.42 Å². The summed E-state index contributed by atoms with van der Waals surface area (Å²) in [7, 11) is -4.20. The minimum Gasteiger partial charge on any atom is -0.447 e. The Morgan fingerprint density at radius 1 is 1.33 bits per heavy atom. The summed E-state index contributed by atoms with van der Waals surface area (Å²) < 4.78 is 35.2. The first-order valence-electron chi connectivity index (χ1n) is 5.03. The Labute approximate surface area is 90.0 Å². The van der Waals surface area contributed by atoms with Crippen molar-refractivity contribution in [2.45, 2.75) is 38.2 Å². The lowest BCUT2D eigenvalue weighted by atomic mass is 9.98. The van der Waals surface area contributed by atoms with Gasteiger partial charge < -0.3 is 4.42 Å². The molecule has 0 spiro atoms. The van der Waals surface area contributed by atoms with Gasteiger partial charge in [-0.15, -0.1) is 0 Å². The van der Waals surface area contributed by atoms with Crippen molar-refractivity contribution in [2.24, 2.45) is 5.92 Å². The molecule has 0 unspecified atom stereocenters. The molecular formula is C10H16O4S. The van der Waals surface area contributed by atoms with Crippen LogP contribution in [0, 0.1) is 5.92 Å². The molecule has 0 amide bonds. The molecule has 0 bridgehead atoms. The Balaban J connectivity index is 2.77. The van der Waals surface area contributed by atoms with Crippen molar-refractivity contribution in [1.82, 2.24) is 0 Å². The van der Waals surface area contributed by atoms with Crippen LogP contribution in [-0.4, -0.2) is 13.0 Å². The molecule has 0 aliphatic carbocycles. The molecule has 86 valence electrons. The average molecular weight is 232 g/mol. The van der Waals surface area contributed by atoms with Crippen LogP contribution in [-0.2, 0) is 16.5 Å². The van der Waals surface area contributed by atoms with Crippen molar-refractivity contribution >= 4 is 10.1 Å². The molecule has 1 N–H and O–H groups in total. The molecule has 1 aromatic rings. The fourth-order valence-electron chi connectivity index (χ4n) is 1.47. The molecule has 1 heterocycles. The summed E-state index contributed by atoms with van der Waals surface area (Å²) in [4.78, 5) is 0. The first-order valence-corrected chi connectivity index (χ1v) is 6.47. The van der Waals surface area contributed by atoms with Gasteiger partial charge in [-0.3, -0.25) is 4.55 Å². The van der Waals surface area contributed by atoms with Crippen LogP contribution in [0.1, 0.15) is 32.4 Å². The summed E-state index contributed by atoms with van der Waals surface area (Å²) in [5.74, 6) is 1.10. The molecule has 0 fully saturated rings. The van der Waals surface area contributed by atoms with E-state index in [0.29, 0.717) is 18.1 Å². The van der Waals surface area contributed by atoms with E-state index in [4.69, 9.17) is 8.97 Å². The van der Waals surface area contributed by atoms with Crippen LogP contribution in [0.25, 0.3) is 0 Å². The molecule has 4 nitrogen and oxygen atoms in total. The fourth-order valence-corrected chi connectivity index (χ4v) is 1.92. The Morgan fingerprint density at radius 3 is 2.33 bits per heavy atom. The van der Waals surface area contributed by atoms with Crippen LogP contribution in [0.3, 0.4) is 0 Å². The van der Waals surface area contributed by atoms with E-state index >= 15 is 0 Å². The zero-order chi connectivity index (χ0) is 11.5. The van der Waals surface area contributed by atoms with Crippen LogP contribution in [0.5, 0.6) is 0 Å². The van der Waals surface area contributed by atoms with Crippen molar-refractivity contribution in [1.29, 1.82) is 0 Å². The van der Waals surface area contributed by atoms with Crippen LogP contribution >= 0.6 is 0 Å². The van der Waals surface area contributed by atoms with Gasteiger partial charge >= 0.3 is 10.1 Å². The highest BCUT2D eigenvalue weighted by Gasteiger charge is 2.16. The molecule has 5 heteroatoms. The normalized spacial score (nSPS) is 12.3. The maximum Gasteiger partial charge on any atom is 0.328 e. The minimum atomic E-state index is -4.20. The fraction of sp³-hybridized carbons (Fsp3) is 0.600. The lowest BCUT2D eigenvalue weighted by molar-refractivity contribution is 0.359. The molecule has 0 aliphatic heterocycles. The molecule has 0 atom stereocenters. The van der Waals surface area contributed by atoms with Crippen LogP contribution in [0.15, 0.2) is 21.6 Å². The summed E-state index contributed by atoms with van der Waals surface area (Å²) in [6.07, 6.45) is 2.76. The van der Waals surface area contributed by atoms with Gasteiger partial charge in [-0.1, -0.05) is 26.7 Å². The van der Waals surface area contributed by atoms with Crippen molar-refractivity contribution in [3.63, 3.8) is 0 Å². The predicted molar refractivity (Wildman–Crippen MR) is 56.3 cm³/mol. The van der Waals surface area contributed by atoms with E-state index in [1.165, 1.54) is 6.07 Å². The molecule has 0 radical (unpaired) electrons. The second-order valence-corrected chi connectivity index (χ2v) is 4.93. The molecule has 0 aromatic carbocycles. The van der Waals surface area contributed by atoms with Gasteiger partial charge in [0.05, 0.1) is 0 Å². The van der Waals surface area contributed by atoms with Crippen molar-refractivity contribution in [3.05, 3.63) is 17.9 Å². The Morgan fingerprint density at radius 2 is 1.93 bits per heavy atom. The van der Waals surface area contributed by atoms with Gasteiger partial charge in [-0.05, 0) is 18.1 Å². The standard InChI is InChI=1S/C10H16O4S/c1-3-8(4-2)7-9-5-6-10(14-9)15(11,12)13/h5-6,8H,3-4,7H2,1-2H3,(H,11,12,13). The first-order chi connectivity index (χ1) is 6.97. The van der Waals surface area contributed by atoms with Crippen molar-refractivity contribution in [2.75, 3.05) is 0 Å². The van der Waals surface area contributed by atoms with Crippen molar-refractivity contribution in [3.8, 4) is 0 Å². The van der Waals surface area contributed by atoms with E-state index in [0.717, 1.165) is 12.8 Å². The van der Waals surface area contributed by atoms with Gasteiger partial charge in [0.15, 0.2) is 0 Å². The number of hydrogen-bond donors (Lipinski definition) is 1. The zero-order valence-corrected chi connectivity index (χ0v) is 9.75. The van der Waals surface area contributed by atoms with Gasteiger partial charge in [0.25, 0.3) is 0 Å². The Bertz CT molecular complexity index is 401. The summed E-state index contributed by atoms with van der Waals surface area (Å²) in [5.41, 5.74) is 0. The lowest BCUT2D eigenvalue weighted by Gasteiger charge is -2.08. The summed E-state index contributed by atoms with van der Waals surface area (Å²) >= 11 is 0. The largest absolute Gasteiger partial charge is 0.447 e. The highest BCUT2D eigenvalue weighted by atomic mass is 32.2. The molecular weight excluding hydrogens is 216 g/mol. The van der Waals surface area contributed by atoms with Crippen molar-refractivity contribution < 1.29 is 17.4 Å². The van der Waals surface area contributed by atoms with E-state index < -0.39 is 10.1 Å². The van der Waals surface area contributed by atoms with Gasteiger partial charge in [-0.25, -0.2) is 0 Å². The van der Waals surface area contributed by atoms with Crippen LogP contribution in [0.4, 0.5) is 0 Å². The second kappa shape index (κ2) is 4.81. The van der Waals surface area contributed by atoms with Gasteiger partial charge in [0, 0.05) is 6.42 Å². The summed E-state index contributed by atoms with van der Waals surface area (Å²) in [5, 5.41) is -0.372. The van der Waals surface area contributed by atoms with E-state index in [-0.39, 0.29) is 5.09 Å². The van der Waals surface area contributed by atoms with Gasteiger partial charge in [0.2, 0.25) is 5.09 Å². The summed E-state index contributed by atoms with van der Waals surface area (Å²) in [6.45, 7) is 4.17. The lowest BCUT2D eigenvalue weighted by Crippen LogP contribution is -2.00. The Hall–Kier alpha value is -0.810. The minimum absolute atomic E-state index is 0.372. The highest BCUT2D eigenvalue weighted by molar-refractivity contribution is 7.85. The molecule has 0 aliphatic rings. The number of rotatable bonds is 5. The molecule has 1 rings (SSSR count). The molecule has 15 heavy (non-hydrogen) atoms. The average Bonchev–Trinajstić information content (AvgIpc) is 2.61. The number of furan rings is 1. The molecule has 1 aromatic heterocycles. The third-order valence-corrected chi connectivity index (χ3v) is 3.26. The Kier molecular flexibility index (Phi) is 3.93. The number of hydrogen-bond acceptors (Lipinski definition) is 3. The third kappa shape index (κ3) is 3.35.